The standard InChI is InChI=1S/C22H16N4O3/c1-13-18(15-6-8-17(9-7-15)22(28)29)10-20-24-19(11-21(27)26(20)25-13)16-4-2-14(12-23)3-5-16/h2-11,24-25H,1H3,(H,28,29). The maximum Gasteiger partial charge on any atom is 0.335 e. The van der Waals surface area contributed by atoms with Crippen LogP contribution in [0.25, 0.3) is 11.3 Å². The van der Waals surface area contributed by atoms with Crippen molar-refractivity contribution in [2.24, 2.45) is 0 Å². The lowest BCUT2D eigenvalue weighted by Gasteiger charge is -2.35. The fourth-order valence-electron chi connectivity index (χ4n) is 3.20. The number of nitrogens with zero attached hydrogens (tertiary/aromatic N) is 2. The summed E-state index contributed by atoms with van der Waals surface area (Å²) in [6.45, 7) is 1.85. The molecule has 7 heteroatoms. The predicted octanol–water partition coefficient (Wildman–Crippen LogP) is 2.82. The Morgan fingerprint density at radius 1 is 1.03 bits per heavy atom. The first-order chi connectivity index (χ1) is 14.0. The molecule has 0 saturated carbocycles. The Morgan fingerprint density at radius 2 is 1.69 bits per heavy atom. The largest absolute Gasteiger partial charge is 0.478 e. The topological polar surface area (TPSA) is 105 Å². The highest BCUT2D eigenvalue weighted by molar-refractivity contribution is 5.99. The van der Waals surface area contributed by atoms with E-state index in [1.807, 2.05) is 13.0 Å². The molecule has 2 aliphatic heterocycles. The highest BCUT2D eigenvalue weighted by atomic mass is 16.4. The van der Waals surface area contributed by atoms with Crippen LogP contribution < -0.4 is 10.7 Å². The number of amides is 1. The molecule has 7 nitrogen and oxygen atoms in total. The van der Waals surface area contributed by atoms with Gasteiger partial charge in [-0.15, -0.1) is 0 Å². The monoisotopic (exact) mass is 384 g/mol. The number of hydrazine groups is 1. The number of carboxylic acids is 1. The van der Waals surface area contributed by atoms with E-state index in [4.69, 9.17) is 10.4 Å². The van der Waals surface area contributed by atoms with E-state index in [1.54, 1.807) is 48.5 Å². The van der Waals surface area contributed by atoms with Crippen LogP contribution in [0.2, 0.25) is 0 Å². The molecule has 2 aromatic carbocycles. The molecular weight excluding hydrogens is 368 g/mol. The van der Waals surface area contributed by atoms with E-state index in [-0.39, 0.29) is 11.5 Å². The molecule has 0 atom stereocenters. The molecule has 0 radical (unpaired) electrons. The smallest absolute Gasteiger partial charge is 0.335 e. The van der Waals surface area contributed by atoms with Gasteiger partial charge in [0.15, 0.2) is 0 Å². The Kier molecular flexibility index (Phi) is 4.37. The van der Waals surface area contributed by atoms with Gasteiger partial charge in [-0.2, -0.15) is 5.26 Å². The van der Waals surface area contributed by atoms with Crippen LogP contribution in [-0.4, -0.2) is 22.0 Å². The summed E-state index contributed by atoms with van der Waals surface area (Å²) in [5.41, 5.74) is 7.68. The number of fused-ring (bicyclic) bond motifs is 1. The minimum atomic E-state index is -0.981. The average Bonchev–Trinajstić information content (AvgIpc) is 2.74. The Balaban J connectivity index is 1.67. The van der Waals surface area contributed by atoms with Crippen molar-refractivity contribution in [2.45, 2.75) is 6.92 Å². The van der Waals surface area contributed by atoms with Crippen molar-refractivity contribution < 1.29 is 14.7 Å². The quantitative estimate of drug-likeness (QED) is 0.752. The van der Waals surface area contributed by atoms with Crippen molar-refractivity contribution in [3.63, 3.8) is 0 Å². The molecule has 2 heterocycles. The minimum Gasteiger partial charge on any atom is -0.478 e. The van der Waals surface area contributed by atoms with Crippen molar-refractivity contribution >= 4 is 23.1 Å². The third-order valence-corrected chi connectivity index (χ3v) is 4.72. The molecule has 0 aromatic heterocycles. The number of nitriles is 1. The first kappa shape index (κ1) is 18.1. The molecule has 0 spiro atoms. The summed E-state index contributed by atoms with van der Waals surface area (Å²) in [4.78, 5) is 23.7. The zero-order chi connectivity index (χ0) is 20.5. The number of nitrogens with one attached hydrogen (secondary N) is 2. The second kappa shape index (κ2) is 7.02. The number of carbonyl (C=O) groups is 2. The van der Waals surface area contributed by atoms with Crippen LogP contribution in [0.3, 0.4) is 0 Å². The number of carbonyl (C=O) groups excluding carboxylic acids is 1. The molecule has 2 aliphatic rings. The van der Waals surface area contributed by atoms with Gasteiger partial charge in [-0.25, -0.2) is 9.80 Å². The lowest BCUT2D eigenvalue weighted by Crippen LogP contribution is -2.49. The first-order valence-corrected chi connectivity index (χ1v) is 8.82. The Morgan fingerprint density at radius 3 is 2.31 bits per heavy atom. The summed E-state index contributed by atoms with van der Waals surface area (Å²) in [6, 6.07) is 15.6. The van der Waals surface area contributed by atoms with E-state index in [0.29, 0.717) is 17.1 Å². The van der Waals surface area contributed by atoms with Gasteiger partial charge >= 0.3 is 5.97 Å². The number of carboxylic acid groups (broad SMARTS) is 1. The van der Waals surface area contributed by atoms with Crippen LogP contribution in [0.5, 0.6) is 0 Å². The van der Waals surface area contributed by atoms with Gasteiger partial charge in [0.2, 0.25) is 0 Å². The van der Waals surface area contributed by atoms with E-state index in [0.717, 1.165) is 22.4 Å². The summed E-state index contributed by atoms with van der Waals surface area (Å²) in [7, 11) is 0. The van der Waals surface area contributed by atoms with Gasteiger partial charge in [0, 0.05) is 17.3 Å². The molecule has 1 amide bonds. The number of rotatable bonds is 3. The van der Waals surface area contributed by atoms with Gasteiger partial charge < -0.3 is 10.4 Å². The second-order valence-corrected chi connectivity index (χ2v) is 6.61. The minimum absolute atomic E-state index is 0.210. The summed E-state index contributed by atoms with van der Waals surface area (Å²) < 4.78 is 0. The summed E-state index contributed by atoms with van der Waals surface area (Å²) in [5, 5.41) is 22.7. The van der Waals surface area contributed by atoms with E-state index in [2.05, 4.69) is 16.8 Å². The maximum absolute atomic E-state index is 12.6. The molecule has 0 unspecified atom stereocenters. The summed E-state index contributed by atoms with van der Waals surface area (Å²) in [5.74, 6) is -0.654. The highest BCUT2D eigenvalue weighted by Crippen LogP contribution is 2.29. The molecule has 4 rings (SSSR count). The molecule has 0 fully saturated rings. The van der Waals surface area contributed by atoms with Gasteiger partial charge in [-0.3, -0.25) is 10.2 Å². The van der Waals surface area contributed by atoms with Crippen molar-refractivity contribution in [3.8, 4) is 6.07 Å². The van der Waals surface area contributed by atoms with Crippen molar-refractivity contribution in [1.29, 1.82) is 5.26 Å². The van der Waals surface area contributed by atoms with Crippen LogP contribution in [0.15, 0.2) is 72.2 Å². The Hall–Kier alpha value is -4.31. The number of benzene rings is 2. The SMILES string of the molecule is CC1=C(c2ccc(C(=O)O)cc2)C=C2NC(c3ccc(C#N)cc3)=CC(=O)N2N1. The van der Waals surface area contributed by atoms with E-state index >= 15 is 0 Å². The number of hydrogen-bond acceptors (Lipinski definition) is 5. The number of aromatic carboxylic acids is 1. The van der Waals surface area contributed by atoms with Crippen LogP contribution in [0, 0.1) is 11.3 Å². The third kappa shape index (κ3) is 3.35. The van der Waals surface area contributed by atoms with Gasteiger partial charge in [-0.05, 0) is 48.4 Å². The molecule has 29 heavy (non-hydrogen) atoms. The highest BCUT2D eigenvalue weighted by Gasteiger charge is 2.28. The van der Waals surface area contributed by atoms with Crippen LogP contribution in [0.4, 0.5) is 0 Å². The second-order valence-electron chi connectivity index (χ2n) is 6.61. The van der Waals surface area contributed by atoms with Crippen LogP contribution in [-0.2, 0) is 4.79 Å². The van der Waals surface area contributed by atoms with Gasteiger partial charge in [-0.1, -0.05) is 24.3 Å². The zero-order valence-electron chi connectivity index (χ0n) is 15.4. The number of allylic oxidation sites excluding steroid dienone is 3. The maximum atomic E-state index is 12.6. The zero-order valence-corrected chi connectivity index (χ0v) is 15.4. The first-order valence-electron chi connectivity index (χ1n) is 8.82. The Bertz CT molecular complexity index is 1150. The normalized spacial score (nSPS) is 15.4. The molecule has 0 bridgehead atoms. The fourth-order valence-corrected chi connectivity index (χ4v) is 3.20. The van der Waals surface area contributed by atoms with E-state index < -0.39 is 5.97 Å². The van der Waals surface area contributed by atoms with E-state index in [9.17, 15) is 9.59 Å². The van der Waals surface area contributed by atoms with Crippen LogP contribution in [0.1, 0.15) is 34.0 Å². The lowest BCUT2D eigenvalue weighted by molar-refractivity contribution is -0.126. The average molecular weight is 384 g/mol. The molecule has 3 N–H and O–H groups in total. The lowest BCUT2D eigenvalue weighted by atomic mass is 10.00. The molecule has 142 valence electrons. The molecule has 0 saturated heterocycles. The van der Waals surface area contributed by atoms with Crippen LogP contribution >= 0.6 is 0 Å². The molecule has 2 aromatic rings. The van der Waals surface area contributed by atoms with E-state index in [1.165, 1.54) is 11.1 Å². The molecule has 0 aliphatic carbocycles. The summed E-state index contributed by atoms with van der Waals surface area (Å²) >= 11 is 0. The predicted molar refractivity (Wildman–Crippen MR) is 106 cm³/mol. The molecular formula is C22H16N4O3. The van der Waals surface area contributed by atoms with Crippen molar-refractivity contribution in [3.05, 3.63) is 94.5 Å². The number of hydrogen-bond donors (Lipinski definition) is 3. The van der Waals surface area contributed by atoms with Crippen molar-refractivity contribution in [1.82, 2.24) is 15.8 Å². The van der Waals surface area contributed by atoms with Gasteiger partial charge in [0.1, 0.15) is 5.82 Å². The van der Waals surface area contributed by atoms with Crippen molar-refractivity contribution in [2.75, 3.05) is 0 Å². The third-order valence-electron chi connectivity index (χ3n) is 4.72. The van der Waals surface area contributed by atoms with Gasteiger partial charge in [0.25, 0.3) is 5.91 Å². The fraction of sp³-hybridized carbons (Fsp3) is 0.0455. The summed E-state index contributed by atoms with van der Waals surface area (Å²) in [6.07, 6.45) is 3.34. The Labute approximate surface area is 166 Å². The van der Waals surface area contributed by atoms with Gasteiger partial charge in [0.05, 0.1) is 22.9 Å².